The highest BCUT2D eigenvalue weighted by molar-refractivity contribution is 5.71. The van der Waals surface area contributed by atoms with E-state index in [2.05, 4.69) is 93.7 Å². The SMILES string of the molecule is CC/C=C\C/C=C\C/C=C\C/C=C\C/C=C\CCCCCCCCCCCC(=O)OCC(COC(=O)CCCCCCCCCCC)OC(=O)CCCCCCCCC/C=C\CCCCCCCC. The molecule has 0 N–H and O–H groups in total. The van der Waals surface area contributed by atoms with Crippen LogP contribution in [0.5, 0.6) is 0 Å². The third-order valence-electron chi connectivity index (χ3n) is 12.7. The molecule has 0 heterocycles. The summed E-state index contributed by atoms with van der Waals surface area (Å²) in [6, 6.07) is 0. The van der Waals surface area contributed by atoms with Crippen molar-refractivity contribution in [1.82, 2.24) is 0 Å². The van der Waals surface area contributed by atoms with Crippen LogP contribution in [0.4, 0.5) is 0 Å². The molecule has 0 rings (SSSR count). The Morgan fingerprint density at radius 1 is 0.304 bits per heavy atom. The van der Waals surface area contributed by atoms with Gasteiger partial charge in [0.05, 0.1) is 0 Å². The molecule has 0 aliphatic carbocycles. The molecule has 0 aliphatic heterocycles. The maximum atomic E-state index is 12.8. The molecule has 0 spiro atoms. The third kappa shape index (κ3) is 55.6. The first-order valence-electron chi connectivity index (χ1n) is 29.4. The van der Waals surface area contributed by atoms with Crippen molar-refractivity contribution < 1.29 is 28.6 Å². The van der Waals surface area contributed by atoms with Crippen LogP contribution in [0.15, 0.2) is 72.9 Å². The fraction of sp³-hybridized carbons (Fsp3) is 0.762. The molecule has 1 atom stereocenters. The van der Waals surface area contributed by atoms with E-state index in [0.29, 0.717) is 19.3 Å². The monoisotopic (exact) mass is 963 g/mol. The Kier molecular flexibility index (Phi) is 54.8. The van der Waals surface area contributed by atoms with Gasteiger partial charge in [-0.3, -0.25) is 14.4 Å². The molecule has 398 valence electrons. The average molecular weight is 964 g/mol. The lowest BCUT2D eigenvalue weighted by atomic mass is 10.1. The van der Waals surface area contributed by atoms with E-state index in [1.54, 1.807) is 0 Å². The summed E-state index contributed by atoms with van der Waals surface area (Å²) in [5.41, 5.74) is 0. The number of allylic oxidation sites excluding steroid dienone is 12. The Bertz CT molecular complexity index is 1290. The second-order valence-electron chi connectivity index (χ2n) is 19.5. The topological polar surface area (TPSA) is 78.9 Å². The average Bonchev–Trinajstić information content (AvgIpc) is 3.35. The minimum atomic E-state index is -0.777. The van der Waals surface area contributed by atoms with E-state index < -0.39 is 6.10 Å². The van der Waals surface area contributed by atoms with E-state index in [4.69, 9.17) is 14.2 Å². The maximum absolute atomic E-state index is 12.8. The van der Waals surface area contributed by atoms with Gasteiger partial charge in [-0.1, -0.05) is 254 Å². The predicted octanol–water partition coefficient (Wildman–Crippen LogP) is 19.8. The molecule has 69 heavy (non-hydrogen) atoms. The Balaban J connectivity index is 4.25. The number of rotatable bonds is 53. The first kappa shape index (κ1) is 65.8. The van der Waals surface area contributed by atoms with Gasteiger partial charge < -0.3 is 14.2 Å². The Hall–Kier alpha value is -3.15. The van der Waals surface area contributed by atoms with Crippen molar-refractivity contribution in [2.45, 2.75) is 297 Å². The van der Waals surface area contributed by atoms with E-state index in [9.17, 15) is 14.4 Å². The molecule has 0 saturated carbocycles. The molecule has 6 nitrogen and oxygen atoms in total. The largest absolute Gasteiger partial charge is 0.462 e. The lowest BCUT2D eigenvalue weighted by Crippen LogP contribution is -2.30. The Morgan fingerprint density at radius 2 is 0.565 bits per heavy atom. The molecule has 6 heteroatoms. The van der Waals surface area contributed by atoms with Crippen molar-refractivity contribution >= 4 is 17.9 Å². The van der Waals surface area contributed by atoms with Gasteiger partial charge in [-0.05, 0) is 89.9 Å². The predicted molar refractivity (Wildman–Crippen MR) is 298 cm³/mol. The van der Waals surface area contributed by atoms with Crippen LogP contribution in [-0.4, -0.2) is 37.2 Å². The molecule has 0 radical (unpaired) electrons. The summed E-state index contributed by atoms with van der Waals surface area (Å²) >= 11 is 0. The molecule has 0 aliphatic rings. The molecule has 0 aromatic rings. The van der Waals surface area contributed by atoms with Crippen LogP contribution in [-0.2, 0) is 28.6 Å². The zero-order valence-corrected chi connectivity index (χ0v) is 45.6. The zero-order chi connectivity index (χ0) is 50.0. The van der Waals surface area contributed by atoms with Crippen LogP contribution < -0.4 is 0 Å². The molecule has 0 bridgehead atoms. The van der Waals surface area contributed by atoms with E-state index >= 15 is 0 Å². The summed E-state index contributed by atoms with van der Waals surface area (Å²) in [6.07, 6.45) is 73.3. The van der Waals surface area contributed by atoms with Crippen molar-refractivity contribution in [2.24, 2.45) is 0 Å². The molecule has 0 aromatic heterocycles. The normalized spacial score (nSPS) is 12.6. The smallest absolute Gasteiger partial charge is 0.306 e. The van der Waals surface area contributed by atoms with Crippen LogP contribution in [0.25, 0.3) is 0 Å². The van der Waals surface area contributed by atoms with E-state index in [1.165, 1.54) is 154 Å². The highest BCUT2D eigenvalue weighted by Crippen LogP contribution is 2.16. The molecular formula is C63H110O6. The van der Waals surface area contributed by atoms with E-state index in [0.717, 1.165) is 96.3 Å². The summed E-state index contributed by atoms with van der Waals surface area (Å²) in [7, 11) is 0. The summed E-state index contributed by atoms with van der Waals surface area (Å²) in [4.78, 5) is 38.1. The van der Waals surface area contributed by atoms with Crippen LogP contribution >= 0.6 is 0 Å². The fourth-order valence-corrected chi connectivity index (χ4v) is 8.29. The number of carbonyl (C=O) groups is 3. The standard InChI is InChI=1S/C63H110O6/c1-4-7-10-13-16-19-21-23-25-27-28-29-30-31-32-33-34-36-37-39-41-44-47-50-53-56-62(65)68-59-60(58-67-61(64)55-52-49-46-43-18-15-12-9-6-3)69-63(66)57-54-51-48-45-42-40-38-35-26-24-22-20-17-14-11-8-5-2/h7,10,16,19,23-26,28-29,31-32,60H,4-6,8-9,11-15,17-18,20-22,27,30,33-59H2,1-3H3/b10-7-,19-16-,25-23-,26-24-,29-28-,32-31-. The molecule has 0 aromatic carbocycles. The number of hydrogen-bond acceptors (Lipinski definition) is 6. The molecular weight excluding hydrogens is 853 g/mol. The van der Waals surface area contributed by atoms with E-state index in [-0.39, 0.29) is 31.1 Å². The second kappa shape index (κ2) is 57.4. The minimum absolute atomic E-state index is 0.0765. The van der Waals surface area contributed by atoms with Gasteiger partial charge in [0.25, 0.3) is 0 Å². The highest BCUT2D eigenvalue weighted by atomic mass is 16.6. The summed E-state index contributed by atoms with van der Waals surface area (Å²) in [6.45, 7) is 6.51. The lowest BCUT2D eigenvalue weighted by Gasteiger charge is -2.18. The van der Waals surface area contributed by atoms with Gasteiger partial charge in [-0.25, -0.2) is 0 Å². The summed E-state index contributed by atoms with van der Waals surface area (Å²) in [5.74, 6) is -0.881. The molecule has 0 amide bonds. The second-order valence-corrected chi connectivity index (χ2v) is 19.5. The number of esters is 3. The Labute approximate surface area is 427 Å². The number of unbranched alkanes of at least 4 members (excludes halogenated alkanes) is 30. The first-order chi connectivity index (χ1) is 34.0. The van der Waals surface area contributed by atoms with Crippen LogP contribution in [0.1, 0.15) is 290 Å². The van der Waals surface area contributed by atoms with Gasteiger partial charge in [-0.2, -0.15) is 0 Å². The van der Waals surface area contributed by atoms with Crippen molar-refractivity contribution in [2.75, 3.05) is 13.2 Å². The summed E-state index contributed by atoms with van der Waals surface area (Å²) in [5, 5.41) is 0. The van der Waals surface area contributed by atoms with Crippen molar-refractivity contribution in [3.63, 3.8) is 0 Å². The zero-order valence-electron chi connectivity index (χ0n) is 45.6. The van der Waals surface area contributed by atoms with Gasteiger partial charge in [0.1, 0.15) is 13.2 Å². The molecule has 1 unspecified atom stereocenters. The van der Waals surface area contributed by atoms with E-state index in [1.807, 2.05) is 0 Å². The van der Waals surface area contributed by atoms with Gasteiger partial charge in [0, 0.05) is 19.3 Å². The fourth-order valence-electron chi connectivity index (χ4n) is 8.29. The lowest BCUT2D eigenvalue weighted by molar-refractivity contribution is -0.167. The van der Waals surface area contributed by atoms with Gasteiger partial charge >= 0.3 is 17.9 Å². The van der Waals surface area contributed by atoms with Gasteiger partial charge in [0.15, 0.2) is 6.10 Å². The maximum Gasteiger partial charge on any atom is 0.306 e. The summed E-state index contributed by atoms with van der Waals surface area (Å²) < 4.78 is 16.8. The molecule has 0 saturated heterocycles. The quantitative estimate of drug-likeness (QED) is 0.0262. The van der Waals surface area contributed by atoms with Gasteiger partial charge in [-0.15, -0.1) is 0 Å². The van der Waals surface area contributed by atoms with Gasteiger partial charge in [0.2, 0.25) is 0 Å². The van der Waals surface area contributed by atoms with Crippen LogP contribution in [0.3, 0.4) is 0 Å². The number of carbonyl (C=O) groups excluding carboxylic acids is 3. The number of hydrogen-bond donors (Lipinski definition) is 0. The molecule has 0 fully saturated rings. The van der Waals surface area contributed by atoms with Crippen molar-refractivity contribution in [3.05, 3.63) is 72.9 Å². The van der Waals surface area contributed by atoms with Crippen LogP contribution in [0.2, 0.25) is 0 Å². The minimum Gasteiger partial charge on any atom is -0.462 e. The third-order valence-corrected chi connectivity index (χ3v) is 12.7. The number of ether oxygens (including phenoxy) is 3. The highest BCUT2D eigenvalue weighted by Gasteiger charge is 2.19. The van der Waals surface area contributed by atoms with Crippen molar-refractivity contribution in [1.29, 1.82) is 0 Å². The van der Waals surface area contributed by atoms with Crippen molar-refractivity contribution in [3.8, 4) is 0 Å². The first-order valence-corrected chi connectivity index (χ1v) is 29.4. The van der Waals surface area contributed by atoms with Crippen LogP contribution in [0, 0.1) is 0 Å². The Morgan fingerprint density at radius 3 is 0.899 bits per heavy atom.